The summed E-state index contributed by atoms with van der Waals surface area (Å²) in [6, 6.07) is 5.10. The number of aromatic carboxylic acids is 1. The maximum absolute atomic E-state index is 10.7. The Kier molecular flexibility index (Phi) is 4.92. The van der Waals surface area contributed by atoms with E-state index in [1.807, 2.05) is 13.1 Å². The van der Waals surface area contributed by atoms with Gasteiger partial charge in [-0.25, -0.2) is 9.78 Å². The van der Waals surface area contributed by atoms with Crippen molar-refractivity contribution in [2.45, 2.75) is 26.3 Å². The molecule has 0 atom stereocenters. The van der Waals surface area contributed by atoms with Gasteiger partial charge in [0.1, 0.15) is 5.69 Å². The van der Waals surface area contributed by atoms with Crippen molar-refractivity contribution in [3.8, 4) is 0 Å². The van der Waals surface area contributed by atoms with Crippen LogP contribution in [0.25, 0.3) is 0 Å². The van der Waals surface area contributed by atoms with Crippen LogP contribution in [0.5, 0.6) is 0 Å². The van der Waals surface area contributed by atoms with E-state index in [4.69, 9.17) is 5.11 Å². The van der Waals surface area contributed by atoms with E-state index in [0.717, 1.165) is 25.1 Å². The van der Waals surface area contributed by atoms with E-state index in [1.54, 1.807) is 6.07 Å². The largest absolute Gasteiger partial charge is 0.477 e. The molecule has 0 saturated carbocycles. The van der Waals surface area contributed by atoms with Crippen LogP contribution in [0.4, 0.5) is 0 Å². The van der Waals surface area contributed by atoms with Crippen LogP contribution in [0.3, 0.4) is 0 Å². The fourth-order valence-electron chi connectivity index (χ4n) is 1.47. The third-order valence-corrected chi connectivity index (χ3v) is 2.35. The summed E-state index contributed by atoms with van der Waals surface area (Å²) >= 11 is 0. The van der Waals surface area contributed by atoms with Gasteiger partial charge in [-0.15, -0.1) is 0 Å². The third kappa shape index (κ3) is 3.98. The summed E-state index contributed by atoms with van der Waals surface area (Å²) in [6.45, 7) is 3.85. The Morgan fingerprint density at radius 2 is 2.25 bits per heavy atom. The van der Waals surface area contributed by atoms with E-state index >= 15 is 0 Å². The molecule has 1 heterocycles. The SMILES string of the molecule is CCCCN(C)Cc1cccc(C(=O)O)n1. The van der Waals surface area contributed by atoms with Gasteiger partial charge in [0.05, 0.1) is 5.69 Å². The molecule has 0 fully saturated rings. The lowest BCUT2D eigenvalue weighted by molar-refractivity contribution is 0.0690. The lowest BCUT2D eigenvalue weighted by Crippen LogP contribution is -2.20. The van der Waals surface area contributed by atoms with Crippen molar-refractivity contribution >= 4 is 5.97 Å². The second kappa shape index (κ2) is 6.23. The first-order chi connectivity index (χ1) is 7.63. The number of hydrogen-bond donors (Lipinski definition) is 1. The summed E-state index contributed by atoms with van der Waals surface area (Å²) < 4.78 is 0. The Morgan fingerprint density at radius 1 is 1.50 bits per heavy atom. The minimum atomic E-state index is -0.974. The Morgan fingerprint density at radius 3 is 2.88 bits per heavy atom. The molecule has 4 heteroatoms. The number of pyridine rings is 1. The molecule has 0 bridgehead atoms. The van der Waals surface area contributed by atoms with Crippen molar-refractivity contribution in [3.63, 3.8) is 0 Å². The molecule has 1 N–H and O–H groups in total. The first kappa shape index (κ1) is 12.6. The molecule has 1 aromatic heterocycles. The van der Waals surface area contributed by atoms with Crippen molar-refractivity contribution in [1.29, 1.82) is 0 Å². The standard InChI is InChI=1S/C12H18N2O2/c1-3-4-8-14(2)9-10-6-5-7-11(13-10)12(15)16/h5-7H,3-4,8-9H2,1-2H3,(H,15,16). The summed E-state index contributed by atoms with van der Waals surface area (Å²) in [5.74, 6) is -0.974. The highest BCUT2D eigenvalue weighted by atomic mass is 16.4. The smallest absolute Gasteiger partial charge is 0.354 e. The van der Waals surface area contributed by atoms with Gasteiger partial charge in [-0.2, -0.15) is 0 Å². The number of carboxylic acids is 1. The van der Waals surface area contributed by atoms with Gasteiger partial charge in [-0.1, -0.05) is 19.4 Å². The molecule has 0 aliphatic rings. The van der Waals surface area contributed by atoms with Crippen LogP contribution < -0.4 is 0 Å². The minimum Gasteiger partial charge on any atom is -0.477 e. The molecule has 0 radical (unpaired) electrons. The highest BCUT2D eigenvalue weighted by Crippen LogP contribution is 2.03. The van der Waals surface area contributed by atoms with Gasteiger partial charge in [-0.3, -0.25) is 0 Å². The Hall–Kier alpha value is -1.42. The predicted octanol–water partition coefficient (Wildman–Crippen LogP) is 2.01. The van der Waals surface area contributed by atoms with Crippen LogP contribution >= 0.6 is 0 Å². The number of hydrogen-bond acceptors (Lipinski definition) is 3. The molecule has 16 heavy (non-hydrogen) atoms. The molecule has 88 valence electrons. The van der Waals surface area contributed by atoms with Crippen LogP contribution in [0.15, 0.2) is 18.2 Å². The lowest BCUT2D eigenvalue weighted by atomic mass is 10.2. The fraction of sp³-hybridized carbons (Fsp3) is 0.500. The summed E-state index contributed by atoms with van der Waals surface area (Å²) in [5.41, 5.74) is 0.917. The van der Waals surface area contributed by atoms with Crippen molar-refractivity contribution in [1.82, 2.24) is 9.88 Å². The monoisotopic (exact) mass is 222 g/mol. The van der Waals surface area contributed by atoms with Crippen LogP contribution in [-0.2, 0) is 6.54 Å². The van der Waals surface area contributed by atoms with Crippen molar-refractivity contribution in [3.05, 3.63) is 29.6 Å². The Balaban J connectivity index is 2.59. The zero-order valence-corrected chi connectivity index (χ0v) is 9.81. The van der Waals surface area contributed by atoms with E-state index < -0.39 is 5.97 Å². The van der Waals surface area contributed by atoms with Gasteiger partial charge >= 0.3 is 5.97 Å². The molecule has 0 amide bonds. The molecular weight excluding hydrogens is 204 g/mol. The molecule has 0 aromatic carbocycles. The highest BCUT2D eigenvalue weighted by molar-refractivity contribution is 5.85. The second-order valence-electron chi connectivity index (χ2n) is 3.91. The molecule has 4 nitrogen and oxygen atoms in total. The van der Waals surface area contributed by atoms with Gasteiger partial charge in [0.15, 0.2) is 0 Å². The highest BCUT2D eigenvalue weighted by Gasteiger charge is 2.06. The number of carboxylic acid groups (broad SMARTS) is 1. The number of rotatable bonds is 6. The fourth-order valence-corrected chi connectivity index (χ4v) is 1.47. The quantitative estimate of drug-likeness (QED) is 0.800. The molecule has 0 aliphatic heterocycles. The maximum Gasteiger partial charge on any atom is 0.354 e. The van der Waals surface area contributed by atoms with Gasteiger partial charge < -0.3 is 10.0 Å². The minimum absolute atomic E-state index is 0.112. The van der Waals surface area contributed by atoms with Crippen LogP contribution in [0.2, 0.25) is 0 Å². The normalized spacial score (nSPS) is 10.7. The van der Waals surface area contributed by atoms with Gasteiger partial charge in [0.25, 0.3) is 0 Å². The number of carbonyl (C=O) groups is 1. The summed E-state index contributed by atoms with van der Waals surface area (Å²) in [7, 11) is 2.02. The number of unbranched alkanes of at least 4 members (excludes halogenated alkanes) is 1. The number of nitrogens with zero attached hydrogens (tertiary/aromatic N) is 2. The zero-order chi connectivity index (χ0) is 12.0. The van der Waals surface area contributed by atoms with Crippen molar-refractivity contribution in [2.75, 3.05) is 13.6 Å². The molecule has 0 unspecified atom stereocenters. The predicted molar refractivity (Wildman–Crippen MR) is 62.4 cm³/mol. The first-order valence-corrected chi connectivity index (χ1v) is 5.51. The lowest BCUT2D eigenvalue weighted by Gasteiger charge is -2.15. The first-order valence-electron chi connectivity index (χ1n) is 5.51. The van der Waals surface area contributed by atoms with E-state index in [0.29, 0.717) is 6.54 Å². The van der Waals surface area contributed by atoms with Crippen LogP contribution in [0, 0.1) is 0 Å². The third-order valence-electron chi connectivity index (χ3n) is 2.35. The molecule has 1 rings (SSSR count). The molecule has 0 aliphatic carbocycles. The van der Waals surface area contributed by atoms with Crippen LogP contribution in [-0.4, -0.2) is 34.6 Å². The summed E-state index contributed by atoms with van der Waals surface area (Å²) in [6.07, 6.45) is 2.31. The Bertz CT molecular complexity index is 353. The average molecular weight is 222 g/mol. The van der Waals surface area contributed by atoms with E-state index in [1.165, 1.54) is 6.07 Å². The van der Waals surface area contributed by atoms with E-state index in [-0.39, 0.29) is 5.69 Å². The molecule has 0 spiro atoms. The van der Waals surface area contributed by atoms with Gasteiger partial charge in [0.2, 0.25) is 0 Å². The van der Waals surface area contributed by atoms with Crippen LogP contribution in [0.1, 0.15) is 35.9 Å². The average Bonchev–Trinajstić information content (AvgIpc) is 2.26. The zero-order valence-electron chi connectivity index (χ0n) is 9.81. The molecular formula is C12H18N2O2. The molecule has 1 aromatic rings. The van der Waals surface area contributed by atoms with E-state index in [9.17, 15) is 4.79 Å². The summed E-state index contributed by atoms with van der Waals surface area (Å²) in [4.78, 5) is 17.0. The van der Waals surface area contributed by atoms with Gasteiger partial charge in [-0.05, 0) is 32.1 Å². The summed E-state index contributed by atoms with van der Waals surface area (Å²) in [5, 5.41) is 8.81. The van der Waals surface area contributed by atoms with Crippen molar-refractivity contribution in [2.24, 2.45) is 0 Å². The van der Waals surface area contributed by atoms with Gasteiger partial charge in [0, 0.05) is 6.54 Å². The van der Waals surface area contributed by atoms with Crippen molar-refractivity contribution < 1.29 is 9.90 Å². The molecule has 0 saturated heterocycles. The maximum atomic E-state index is 10.7. The van der Waals surface area contributed by atoms with E-state index in [2.05, 4.69) is 16.8 Å². The second-order valence-corrected chi connectivity index (χ2v) is 3.91. The Labute approximate surface area is 95.9 Å². The topological polar surface area (TPSA) is 53.4 Å². The number of aromatic nitrogens is 1.